The first-order chi connectivity index (χ1) is 11.1. The molecule has 2 amide bonds. The highest BCUT2D eigenvalue weighted by Crippen LogP contribution is 2.28. The van der Waals surface area contributed by atoms with E-state index in [9.17, 15) is 14.7 Å². The minimum atomic E-state index is -0.657. The zero-order valence-electron chi connectivity index (χ0n) is 12.2. The van der Waals surface area contributed by atoms with Gasteiger partial charge in [0.2, 0.25) is 0 Å². The van der Waals surface area contributed by atoms with Crippen molar-refractivity contribution in [3.05, 3.63) is 76.5 Å². The third-order valence-electron chi connectivity index (χ3n) is 3.74. The number of aliphatic hydroxyl groups excluding tert-OH is 1. The molecule has 2 aromatic carbocycles. The summed E-state index contributed by atoms with van der Waals surface area (Å²) in [5.74, 6) is -1.65. The second-order valence-electron chi connectivity index (χ2n) is 5.23. The highest BCUT2D eigenvalue weighted by Gasteiger charge is 2.38. The summed E-state index contributed by atoms with van der Waals surface area (Å²) in [5.41, 5.74) is 1.53. The number of rotatable bonds is 4. The maximum Gasteiger partial charge on any atom is 0.296 e. The molecule has 0 saturated heterocycles. The number of amides is 2. The fourth-order valence-electron chi connectivity index (χ4n) is 2.53. The fraction of sp³-hybridized carbons (Fsp3) is 0.111. The SMILES string of the molecule is O=C1C(O)=C(c2ccc(Cl)cc2)C(=O)N1CCc1ccccc1. The molecule has 0 radical (unpaired) electrons. The van der Waals surface area contributed by atoms with Crippen molar-refractivity contribution in [3.8, 4) is 0 Å². The zero-order chi connectivity index (χ0) is 16.4. The quantitative estimate of drug-likeness (QED) is 0.877. The first kappa shape index (κ1) is 15.3. The number of hydrogen-bond donors (Lipinski definition) is 1. The van der Waals surface area contributed by atoms with Crippen LogP contribution in [0.15, 0.2) is 60.4 Å². The Kier molecular flexibility index (Phi) is 4.17. The van der Waals surface area contributed by atoms with Crippen molar-refractivity contribution < 1.29 is 14.7 Å². The van der Waals surface area contributed by atoms with Crippen molar-refractivity contribution >= 4 is 29.0 Å². The molecule has 0 fully saturated rings. The van der Waals surface area contributed by atoms with Crippen molar-refractivity contribution in [3.63, 3.8) is 0 Å². The summed E-state index contributed by atoms with van der Waals surface area (Å²) in [5, 5.41) is 10.6. The Balaban J connectivity index is 1.80. The molecule has 1 N–H and O–H groups in total. The van der Waals surface area contributed by atoms with Crippen LogP contribution in [-0.4, -0.2) is 28.4 Å². The normalized spacial score (nSPS) is 14.7. The maximum absolute atomic E-state index is 12.5. The van der Waals surface area contributed by atoms with Gasteiger partial charge in [-0.15, -0.1) is 0 Å². The van der Waals surface area contributed by atoms with Crippen LogP contribution in [0.3, 0.4) is 0 Å². The number of hydrogen-bond acceptors (Lipinski definition) is 3. The van der Waals surface area contributed by atoms with Crippen LogP contribution in [0.1, 0.15) is 11.1 Å². The molecule has 0 aliphatic carbocycles. The number of carbonyl (C=O) groups excluding carboxylic acids is 2. The van der Waals surface area contributed by atoms with Gasteiger partial charge in [0.05, 0.1) is 5.57 Å². The Hall–Kier alpha value is -2.59. The third kappa shape index (κ3) is 2.98. The molecule has 0 unspecified atom stereocenters. The average molecular weight is 328 g/mol. The third-order valence-corrected chi connectivity index (χ3v) is 4.00. The van der Waals surface area contributed by atoms with Gasteiger partial charge in [-0.25, -0.2) is 0 Å². The lowest BCUT2D eigenvalue weighted by Gasteiger charge is -2.14. The minimum absolute atomic E-state index is 0.0275. The zero-order valence-corrected chi connectivity index (χ0v) is 13.0. The van der Waals surface area contributed by atoms with E-state index in [0.29, 0.717) is 17.0 Å². The number of halogens is 1. The van der Waals surface area contributed by atoms with E-state index in [0.717, 1.165) is 10.5 Å². The Labute approximate surface area is 138 Å². The Morgan fingerprint density at radius 2 is 1.57 bits per heavy atom. The van der Waals surface area contributed by atoms with E-state index in [1.54, 1.807) is 24.3 Å². The standard InChI is InChI=1S/C18H14ClNO3/c19-14-8-6-13(7-9-14)15-16(21)18(23)20(17(15)22)11-10-12-4-2-1-3-5-12/h1-9,21H,10-11H2. The Morgan fingerprint density at radius 1 is 0.913 bits per heavy atom. The lowest BCUT2D eigenvalue weighted by Crippen LogP contribution is -2.33. The van der Waals surface area contributed by atoms with Gasteiger partial charge in [-0.3, -0.25) is 14.5 Å². The van der Waals surface area contributed by atoms with Gasteiger partial charge < -0.3 is 5.11 Å². The van der Waals surface area contributed by atoms with Gasteiger partial charge in [0.1, 0.15) is 0 Å². The summed E-state index contributed by atoms with van der Waals surface area (Å²) in [7, 11) is 0. The molecule has 0 atom stereocenters. The average Bonchev–Trinajstić information content (AvgIpc) is 2.78. The van der Waals surface area contributed by atoms with Crippen LogP contribution in [0.25, 0.3) is 5.57 Å². The van der Waals surface area contributed by atoms with Gasteiger partial charge in [0, 0.05) is 11.6 Å². The van der Waals surface area contributed by atoms with E-state index >= 15 is 0 Å². The molecule has 0 aromatic heterocycles. The van der Waals surface area contributed by atoms with Crippen LogP contribution in [0.2, 0.25) is 5.02 Å². The highest BCUT2D eigenvalue weighted by molar-refractivity contribution is 6.35. The molecule has 3 rings (SSSR count). The highest BCUT2D eigenvalue weighted by atomic mass is 35.5. The minimum Gasteiger partial charge on any atom is -0.502 e. The molecule has 4 nitrogen and oxygen atoms in total. The summed E-state index contributed by atoms with van der Waals surface area (Å²) in [6.07, 6.45) is 0.541. The lowest BCUT2D eigenvalue weighted by molar-refractivity contribution is -0.138. The van der Waals surface area contributed by atoms with Crippen LogP contribution in [0, 0.1) is 0 Å². The van der Waals surface area contributed by atoms with E-state index in [1.807, 2.05) is 30.3 Å². The van der Waals surface area contributed by atoms with Gasteiger partial charge in [-0.1, -0.05) is 54.1 Å². The molecule has 23 heavy (non-hydrogen) atoms. The van der Waals surface area contributed by atoms with Gasteiger partial charge >= 0.3 is 0 Å². The number of nitrogens with zero attached hydrogens (tertiary/aromatic N) is 1. The topological polar surface area (TPSA) is 57.6 Å². The van der Waals surface area contributed by atoms with Crippen molar-refractivity contribution in [2.75, 3.05) is 6.54 Å². The number of aliphatic hydroxyl groups is 1. The molecule has 1 heterocycles. The van der Waals surface area contributed by atoms with Crippen molar-refractivity contribution in [2.45, 2.75) is 6.42 Å². The van der Waals surface area contributed by atoms with Crippen molar-refractivity contribution in [1.82, 2.24) is 4.90 Å². The largest absolute Gasteiger partial charge is 0.502 e. The number of carbonyl (C=O) groups is 2. The molecule has 0 saturated carbocycles. The van der Waals surface area contributed by atoms with Crippen LogP contribution < -0.4 is 0 Å². The number of imide groups is 1. The summed E-state index contributed by atoms with van der Waals surface area (Å²) in [4.78, 5) is 25.7. The molecule has 5 heteroatoms. The van der Waals surface area contributed by atoms with E-state index in [1.165, 1.54) is 0 Å². The molecular formula is C18H14ClNO3. The van der Waals surface area contributed by atoms with Gasteiger partial charge in [0.25, 0.3) is 11.8 Å². The second kappa shape index (κ2) is 6.26. The Bertz CT molecular complexity index is 782. The first-order valence-corrected chi connectivity index (χ1v) is 7.55. The molecule has 0 bridgehead atoms. The van der Waals surface area contributed by atoms with Gasteiger partial charge in [-0.05, 0) is 29.7 Å². The molecule has 1 aliphatic heterocycles. The Morgan fingerprint density at radius 3 is 2.22 bits per heavy atom. The summed E-state index contributed by atoms with van der Waals surface area (Å²) in [6.45, 7) is 0.225. The molecular weight excluding hydrogens is 314 g/mol. The lowest BCUT2D eigenvalue weighted by atomic mass is 10.1. The summed E-state index contributed by atoms with van der Waals surface area (Å²) < 4.78 is 0. The fourth-order valence-corrected chi connectivity index (χ4v) is 2.65. The molecule has 116 valence electrons. The van der Waals surface area contributed by atoms with Crippen molar-refractivity contribution in [2.24, 2.45) is 0 Å². The summed E-state index contributed by atoms with van der Waals surface area (Å²) in [6, 6.07) is 16.0. The van der Waals surface area contributed by atoms with E-state index in [4.69, 9.17) is 11.6 Å². The van der Waals surface area contributed by atoms with E-state index in [2.05, 4.69) is 0 Å². The summed E-state index contributed by atoms with van der Waals surface area (Å²) >= 11 is 5.83. The van der Waals surface area contributed by atoms with Crippen LogP contribution in [0.5, 0.6) is 0 Å². The van der Waals surface area contributed by atoms with E-state index in [-0.39, 0.29) is 12.1 Å². The van der Waals surface area contributed by atoms with Gasteiger partial charge in [0.15, 0.2) is 5.76 Å². The second-order valence-corrected chi connectivity index (χ2v) is 5.66. The van der Waals surface area contributed by atoms with Crippen LogP contribution >= 0.6 is 11.6 Å². The smallest absolute Gasteiger partial charge is 0.296 e. The van der Waals surface area contributed by atoms with E-state index < -0.39 is 17.6 Å². The molecule has 2 aromatic rings. The van der Waals surface area contributed by atoms with Crippen LogP contribution in [0.4, 0.5) is 0 Å². The monoisotopic (exact) mass is 327 g/mol. The van der Waals surface area contributed by atoms with Crippen LogP contribution in [-0.2, 0) is 16.0 Å². The number of benzene rings is 2. The maximum atomic E-state index is 12.5. The predicted octanol–water partition coefficient (Wildman–Crippen LogP) is 3.22. The molecule has 0 spiro atoms. The predicted molar refractivity (Wildman–Crippen MR) is 87.9 cm³/mol. The van der Waals surface area contributed by atoms with Gasteiger partial charge in [-0.2, -0.15) is 0 Å². The first-order valence-electron chi connectivity index (χ1n) is 7.17. The van der Waals surface area contributed by atoms with Crippen molar-refractivity contribution in [1.29, 1.82) is 0 Å². The molecule has 1 aliphatic rings.